The summed E-state index contributed by atoms with van der Waals surface area (Å²) in [5.41, 5.74) is 3.59. The minimum Gasteiger partial charge on any atom is -0.491 e. The fourth-order valence-electron chi connectivity index (χ4n) is 5.29. The molecule has 172 valence electrons. The molecular formula is C24H27FN6O2. The van der Waals surface area contributed by atoms with E-state index in [1.54, 1.807) is 12.3 Å². The third-order valence-electron chi connectivity index (χ3n) is 6.98. The number of piperazine rings is 1. The van der Waals surface area contributed by atoms with Gasteiger partial charge in [0.25, 0.3) is 5.91 Å². The predicted molar refractivity (Wildman–Crippen MR) is 125 cm³/mol. The van der Waals surface area contributed by atoms with Gasteiger partial charge in [0.1, 0.15) is 23.8 Å². The molecule has 9 heteroatoms. The van der Waals surface area contributed by atoms with Crippen molar-refractivity contribution in [2.24, 2.45) is 7.05 Å². The molecule has 3 saturated heterocycles. The number of anilines is 2. The van der Waals surface area contributed by atoms with Crippen molar-refractivity contribution in [3.05, 3.63) is 47.5 Å². The second-order valence-corrected chi connectivity index (χ2v) is 9.30. The quantitative estimate of drug-likeness (QED) is 0.564. The van der Waals surface area contributed by atoms with Gasteiger partial charge in [-0.15, -0.1) is 0 Å². The van der Waals surface area contributed by atoms with Gasteiger partial charge in [0.2, 0.25) is 0 Å². The average molecular weight is 451 g/mol. The van der Waals surface area contributed by atoms with Gasteiger partial charge in [-0.2, -0.15) is 0 Å². The maximum absolute atomic E-state index is 15.0. The maximum atomic E-state index is 15.0. The summed E-state index contributed by atoms with van der Waals surface area (Å²) in [5.74, 6) is 0.253. The first-order chi connectivity index (χ1) is 16.0. The number of carbonyl (C=O) groups is 1. The molecule has 8 nitrogen and oxygen atoms in total. The van der Waals surface area contributed by atoms with Crippen LogP contribution in [0.15, 0.2) is 30.6 Å². The Balaban J connectivity index is 1.17. The van der Waals surface area contributed by atoms with Gasteiger partial charge < -0.3 is 30.2 Å². The van der Waals surface area contributed by atoms with Gasteiger partial charge in [0.15, 0.2) is 0 Å². The van der Waals surface area contributed by atoms with Crippen molar-refractivity contribution < 1.29 is 13.9 Å². The number of aromatic nitrogens is 2. The lowest BCUT2D eigenvalue weighted by Crippen LogP contribution is -2.67. The molecule has 3 atom stereocenters. The molecule has 3 N–H and O–H groups in total. The Hall–Kier alpha value is -3.33. The first-order valence-corrected chi connectivity index (χ1v) is 11.4. The van der Waals surface area contributed by atoms with Crippen molar-refractivity contribution in [3.8, 4) is 5.75 Å². The predicted octanol–water partition coefficient (Wildman–Crippen LogP) is 2.04. The number of benzene rings is 1. The lowest BCUT2D eigenvalue weighted by Gasteiger charge is -2.49. The van der Waals surface area contributed by atoms with Crippen molar-refractivity contribution in [1.82, 2.24) is 20.2 Å². The van der Waals surface area contributed by atoms with Crippen molar-refractivity contribution >= 4 is 28.3 Å². The first kappa shape index (κ1) is 20.3. The number of fused-ring (bicyclic) bond motifs is 4. The third kappa shape index (κ3) is 3.47. The Morgan fingerprint density at radius 3 is 2.82 bits per heavy atom. The van der Waals surface area contributed by atoms with E-state index in [-0.39, 0.29) is 17.8 Å². The number of nitrogens with zero attached hydrogens (tertiary/aromatic N) is 3. The number of halogens is 1. The largest absolute Gasteiger partial charge is 0.491 e. The Bertz CT molecular complexity index is 1240. The molecule has 3 aromatic rings. The SMILES string of the molecule is CNc1cn(C)c2ncc(C(=O)N[C@@H]3COc4cc(N5CC6CC(C5)N6)c(F)cc4C3)cc12. The van der Waals surface area contributed by atoms with E-state index in [0.717, 1.165) is 35.4 Å². The topological polar surface area (TPSA) is 83.5 Å². The molecule has 2 unspecified atom stereocenters. The average Bonchev–Trinajstić information content (AvgIpc) is 3.13. The summed E-state index contributed by atoms with van der Waals surface area (Å²) in [6, 6.07) is 5.89. The van der Waals surface area contributed by atoms with Crippen LogP contribution >= 0.6 is 0 Å². The molecule has 4 aliphatic rings. The molecule has 0 spiro atoms. The molecule has 0 saturated carbocycles. The zero-order chi connectivity index (χ0) is 22.7. The molecule has 33 heavy (non-hydrogen) atoms. The summed E-state index contributed by atoms with van der Waals surface area (Å²) >= 11 is 0. The van der Waals surface area contributed by atoms with Crippen LogP contribution in [0.1, 0.15) is 22.3 Å². The minimum absolute atomic E-state index is 0.218. The van der Waals surface area contributed by atoms with Crippen LogP contribution in [0.2, 0.25) is 0 Å². The van der Waals surface area contributed by atoms with Crippen LogP contribution in [-0.4, -0.2) is 60.3 Å². The van der Waals surface area contributed by atoms with E-state index in [4.69, 9.17) is 4.74 Å². The van der Waals surface area contributed by atoms with Crippen LogP contribution in [0.25, 0.3) is 11.0 Å². The Labute approximate surface area is 191 Å². The van der Waals surface area contributed by atoms with E-state index >= 15 is 0 Å². The summed E-state index contributed by atoms with van der Waals surface area (Å²) < 4.78 is 22.8. The summed E-state index contributed by atoms with van der Waals surface area (Å²) in [6.07, 6.45) is 5.22. The first-order valence-electron chi connectivity index (χ1n) is 11.4. The van der Waals surface area contributed by atoms with Crippen molar-refractivity contribution in [2.45, 2.75) is 31.0 Å². The second kappa shape index (κ2) is 7.62. The maximum Gasteiger partial charge on any atom is 0.253 e. The lowest BCUT2D eigenvalue weighted by molar-refractivity contribution is 0.0915. The molecule has 0 aliphatic carbocycles. The molecule has 1 aromatic carbocycles. The van der Waals surface area contributed by atoms with Gasteiger partial charge in [-0.25, -0.2) is 9.37 Å². The van der Waals surface area contributed by atoms with Crippen LogP contribution in [0.4, 0.5) is 15.8 Å². The van der Waals surface area contributed by atoms with Gasteiger partial charge in [-0.05, 0) is 30.5 Å². The number of hydrogen-bond acceptors (Lipinski definition) is 6. The van der Waals surface area contributed by atoms with Gasteiger partial charge in [0, 0.05) is 63.1 Å². The molecular weight excluding hydrogens is 423 g/mol. The highest BCUT2D eigenvalue weighted by atomic mass is 19.1. The third-order valence-corrected chi connectivity index (χ3v) is 6.98. The van der Waals surface area contributed by atoms with Crippen LogP contribution < -0.4 is 25.6 Å². The fraction of sp³-hybridized carbons (Fsp3) is 0.417. The van der Waals surface area contributed by atoms with Crippen LogP contribution in [-0.2, 0) is 13.5 Å². The number of nitrogens with one attached hydrogen (secondary N) is 3. The molecule has 7 rings (SSSR count). The smallest absolute Gasteiger partial charge is 0.253 e. The lowest BCUT2D eigenvalue weighted by atomic mass is 9.90. The van der Waals surface area contributed by atoms with Crippen molar-refractivity contribution in [1.29, 1.82) is 0 Å². The van der Waals surface area contributed by atoms with Gasteiger partial charge in [0.05, 0.1) is 23.0 Å². The van der Waals surface area contributed by atoms with Gasteiger partial charge in [-0.3, -0.25) is 4.79 Å². The molecule has 0 radical (unpaired) electrons. The number of piperidine rings is 1. The number of amides is 1. The Morgan fingerprint density at radius 1 is 1.27 bits per heavy atom. The highest BCUT2D eigenvalue weighted by Crippen LogP contribution is 2.35. The normalized spacial score (nSPS) is 23.5. The molecule has 2 bridgehead atoms. The number of hydrogen-bond donors (Lipinski definition) is 3. The van der Waals surface area contributed by atoms with Crippen LogP contribution in [0.3, 0.4) is 0 Å². The van der Waals surface area contributed by atoms with E-state index in [9.17, 15) is 9.18 Å². The zero-order valence-corrected chi connectivity index (χ0v) is 18.7. The summed E-state index contributed by atoms with van der Waals surface area (Å²) in [5, 5.41) is 10.5. The molecule has 6 heterocycles. The van der Waals surface area contributed by atoms with Crippen molar-refractivity contribution in [3.63, 3.8) is 0 Å². The van der Waals surface area contributed by atoms with Gasteiger partial charge >= 0.3 is 0 Å². The van der Waals surface area contributed by atoms with E-state index in [1.165, 1.54) is 6.42 Å². The molecule has 1 amide bonds. The van der Waals surface area contributed by atoms with E-state index < -0.39 is 0 Å². The monoisotopic (exact) mass is 450 g/mol. The zero-order valence-electron chi connectivity index (χ0n) is 18.7. The van der Waals surface area contributed by atoms with Crippen molar-refractivity contribution in [2.75, 3.05) is 37.0 Å². The summed E-state index contributed by atoms with van der Waals surface area (Å²) in [4.78, 5) is 19.5. The Morgan fingerprint density at radius 2 is 2.06 bits per heavy atom. The fourth-order valence-corrected chi connectivity index (χ4v) is 5.29. The van der Waals surface area contributed by atoms with E-state index in [0.29, 0.717) is 42.1 Å². The Kier molecular flexibility index (Phi) is 4.69. The molecule has 2 aromatic heterocycles. The van der Waals surface area contributed by atoms with E-state index in [2.05, 4.69) is 25.8 Å². The summed E-state index contributed by atoms with van der Waals surface area (Å²) in [6.45, 7) is 1.99. The van der Waals surface area contributed by atoms with Gasteiger partial charge in [-0.1, -0.05) is 0 Å². The molecule has 3 fully saturated rings. The van der Waals surface area contributed by atoms with E-state index in [1.807, 2.05) is 37.0 Å². The highest BCUT2D eigenvalue weighted by Gasteiger charge is 2.37. The number of carbonyl (C=O) groups excluding carboxylic acids is 1. The highest BCUT2D eigenvalue weighted by molar-refractivity contribution is 6.00. The van der Waals surface area contributed by atoms with Crippen LogP contribution in [0, 0.1) is 5.82 Å². The number of ether oxygens (including phenoxy) is 1. The number of rotatable bonds is 4. The molecule has 4 aliphatic heterocycles. The second-order valence-electron chi connectivity index (χ2n) is 9.30. The van der Waals surface area contributed by atoms with Crippen LogP contribution in [0.5, 0.6) is 5.75 Å². The summed E-state index contributed by atoms with van der Waals surface area (Å²) in [7, 11) is 3.76. The number of aryl methyl sites for hydroxylation is 1. The number of pyridine rings is 1. The standard InChI is InChI=1S/C24H27FN6O2/c1-26-20-11-30(2)23-18(20)4-14(8-27-23)24(32)29-17-3-13-5-19(25)21(7-22(13)33-12-17)31-9-15-6-16(10-31)28-15/h4-5,7-8,11,15-17,26,28H,3,6,9-10,12H2,1-2H3,(H,29,32)/t15?,16?,17-/m0/s1. The minimum atomic E-state index is -0.239.